The normalized spacial score (nSPS) is 13.8. The number of hydrogen-bond donors (Lipinski definition) is 1. The fourth-order valence-corrected chi connectivity index (χ4v) is 7.25. The lowest BCUT2D eigenvalue weighted by Gasteiger charge is -2.23. The van der Waals surface area contributed by atoms with Crippen molar-refractivity contribution in [1.82, 2.24) is 4.98 Å². The van der Waals surface area contributed by atoms with Crippen molar-refractivity contribution < 1.29 is 0 Å². The number of hydrogen-bond acceptors (Lipinski definition) is 0. The van der Waals surface area contributed by atoms with Crippen molar-refractivity contribution in [3.05, 3.63) is 95.1 Å². The van der Waals surface area contributed by atoms with Crippen molar-refractivity contribution in [3.63, 3.8) is 0 Å². The Morgan fingerprint density at radius 1 is 0.311 bits per heavy atom. The highest BCUT2D eigenvalue weighted by Crippen LogP contribution is 2.47. The van der Waals surface area contributed by atoms with Gasteiger partial charge in [0.25, 0.3) is 0 Å². The number of aromatic nitrogens is 1. The van der Waals surface area contributed by atoms with Crippen LogP contribution in [0.1, 0.15) is 105 Å². The van der Waals surface area contributed by atoms with E-state index in [0.29, 0.717) is 0 Å². The lowest BCUT2D eigenvalue weighted by molar-refractivity contribution is 0.590. The first kappa shape index (κ1) is 29.8. The van der Waals surface area contributed by atoms with Crippen LogP contribution in [0.5, 0.6) is 0 Å². The van der Waals surface area contributed by atoms with E-state index in [2.05, 4.69) is 161 Å². The number of rotatable bonds is 0. The Morgan fingerprint density at radius 3 is 0.822 bits per heavy atom. The topological polar surface area (TPSA) is 15.8 Å². The van der Waals surface area contributed by atoms with Gasteiger partial charge in [0.2, 0.25) is 0 Å². The van der Waals surface area contributed by atoms with Crippen LogP contribution >= 0.6 is 0 Å². The monoisotopic (exact) mass is 591 g/mol. The third-order valence-electron chi connectivity index (χ3n) is 10.2. The molecule has 0 radical (unpaired) electrons. The van der Waals surface area contributed by atoms with Crippen LogP contribution < -0.4 is 0 Å². The summed E-state index contributed by atoms with van der Waals surface area (Å²) in [4.78, 5) is 4.05. The van der Waals surface area contributed by atoms with Gasteiger partial charge in [-0.15, -0.1) is 0 Å². The summed E-state index contributed by atoms with van der Waals surface area (Å²) in [5, 5.41) is 13.3. The molecule has 45 heavy (non-hydrogen) atoms. The SMILES string of the molecule is CC(C)(C)c1ccc2c(c1)c1cc(C(C)(C)C)ccc1c1c2[nH]c2c3ccc(C(C)(C)C)cc3c3cc(C(C)(C)C)ccc3c21. The minimum Gasteiger partial charge on any atom is -0.353 e. The summed E-state index contributed by atoms with van der Waals surface area (Å²) in [5.41, 5.74) is 8.23. The van der Waals surface area contributed by atoms with Crippen molar-refractivity contribution in [3.8, 4) is 0 Å². The fourth-order valence-electron chi connectivity index (χ4n) is 7.25. The molecule has 0 saturated carbocycles. The maximum absolute atomic E-state index is 4.05. The van der Waals surface area contributed by atoms with E-state index in [1.807, 2.05) is 0 Å². The second-order valence-electron chi connectivity index (χ2n) is 17.7. The molecule has 0 atom stereocenters. The molecule has 0 amide bonds. The zero-order chi connectivity index (χ0) is 32.4. The predicted octanol–water partition coefficient (Wildman–Crippen LogP) is 13.1. The number of benzene rings is 6. The van der Waals surface area contributed by atoms with Crippen LogP contribution in [0.4, 0.5) is 0 Å². The minimum atomic E-state index is 0.0638. The van der Waals surface area contributed by atoms with Crippen molar-refractivity contribution in [2.75, 3.05) is 0 Å². The maximum Gasteiger partial charge on any atom is 0.0551 e. The van der Waals surface area contributed by atoms with Gasteiger partial charge in [0.05, 0.1) is 11.0 Å². The van der Waals surface area contributed by atoms with E-state index in [0.717, 1.165) is 0 Å². The summed E-state index contributed by atoms with van der Waals surface area (Å²) in [6, 6.07) is 28.8. The van der Waals surface area contributed by atoms with Gasteiger partial charge in [-0.1, -0.05) is 132 Å². The average Bonchev–Trinajstić information content (AvgIpc) is 3.36. The second-order valence-corrected chi connectivity index (χ2v) is 17.7. The summed E-state index contributed by atoms with van der Waals surface area (Å²) in [5.74, 6) is 0. The third-order valence-corrected chi connectivity index (χ3v) is 10.2. The van der Waals surface area contributed by atoms with E-state index in [4.69, 9.17) is 0 Å². The molecule has 230 valence electrons. The summed E-state index contributed by atoms with van der Waals surface area (Å²) in [6.07, 6.45) is 0. The van der Waals surface area contributed by atoms with E-state index in [1.54, 1.807) is 0 Å². The van der Waals surface area contributed by atoms with Gasteiger partial charge in [-0.2, -0.15) is 0 Å². The standard InChI is InChI=1S/C44H49N/c1-41(2,3)25-13-17-29-33(21-25)35-23-27(43(7,8)9)15-19-31(35)39-37(29)38-30-18-14-26(42(4,5)6)22-34(30)36-24-28(44(10,11)12)16-20-32(36)40(38)45-39/h13-24,45H,1-12H3. The van der Waals surface area contributed by atoms with Crippen LogP contribution in [0.3, 0.4) is 0 Å². The molecule has 0 aliphatic carbocycles. The molecule has 6 aromatic carbocycles. The van der Waals surface area contributed by atoms with Crippen LogP contribution in [-0.4, -0.2) is 4.98 Å². The Kier molecular flexibility index (Phi) is 6.20. The largest absolute Gasteiger partial charge is 0.353 e. The molecule has 0 aliphatic heterocycles. The van der Waals surface area contributed by atoms with Crippen LogP contribution in [0.15, 0.2) is 72.8 Å². The summed E-state index contributed by atoms with van der Waals surface area (Å²) < 4.78 is 0. The van der Waals surface area contributed by atoms with Crippen LogP contribution in [0.2, 0.25) is 0 Å². The molecule has 7 aromatic rings. The number of nitrogens with one attached hydrogen (secondary N) is 1. The zero-order valence-electron chi connectivity index (χ0n) is 29.4. The van der Waals surface area contributed by atoms with Crippen molar-refractivity contribution in [1.29, 1.82) is 0 Å². The van der Waals surface area contributed by atoms with Crippen molar-refractivity contribution in [2.45, 2.75) is 105 Å². The molecule has 1 nitrogen and oxygen atoms in total. The average molecular weight is 592 g/mol. The number of fused-ring (bicyclic) bond motifs is 13. The van der Waals surface area contributed by atoms with E-state index >= 15 is 0 Å². The Morgan fingerprint density at radius 2 is 0.556 bits per heavy atom. The maximum atomic E-state index is 4.05. The highest BCUT2D eigenvalue weighted by atomic mass is 14.7. The predicted molar refractivity (Wildman–Crippen MR) is 201 cm³/mol. The Hall–Kier alpha value is -3.84. The summed E-state index contributed by atoms with van der Waals surface area (Å²) in [7, 11) is 0. The zero-order valence-corrected chi connectivity index (χ0v) is 29.4. The van der Waals surface area contributed by atoms with Gasteiger partial charge >= 0.3 is 0 Å². The van der Waals surface area contributed by atoms with Gasteiger partial charge in [0, 0.05) is 21.5 Å². The molecular weight excluding hydrogens is 542 g/mol. The number of H-pyrrole nitrogens is 1. The van der Waals surface area contributed by atoms with Crippen molar-refractivity contribution in [2.24, 2.45) is 0 Å². The van der Waals surface area contributed by atoms with E-state index < -0.39 is 0 Å². The summed E-state index contributed by atoms with van der Waals surface area (Å²) in [6.45, 7) is 27.8. The van der Waals surface area contributed by atoms with Gasteiger partial charge < -0.3 is 4.98 Å². The molecule has 0 aliphatic rings. The van der Waals surface area contributed by atoms with Crippen LogP contribution in [-0.2, 0) is 21.7 Å². The molecule has 0 fully saturated rings. The van der Waals surface area contributed by atoms with Gasteiger partial charge in [0.15, 0.2) is 0 Å². The van der Waals surface area contributed by atoms with Crippen LogP contribution in [0.25, 0.3) is 64.9 Å². The van der Waals surface area contributed by atoms with Crippen LogP contribution in [0, 0.1) is 0 Å². The minimum absolute atomic E-state index is 0.0638. The van der Waals surface area contributed by atoms with Gasteiger partial charge in [0.1, 0.15) is 0 Å². The lowest BCUT2D eigenvalue weighted by atomic mass is 9.81. The fraction of sp³-hybridized carbons (Fsp3) is 0.364. The first-order valence-corrected chi connectivity index (χ1v) is 16.7. The Bertz CT molecular complexity index is 2170. The second kappa shape index (κ2) is 9.35. The molecule has 0 bridgehead atoms. The smallest absolute Gasteiger partial charge is 0.0551 e. The Labute approximate surface area is 269 Å². The molecule has 1 aromatic heterocycles. The molecular formula is C44H49N. The third kappa shape index (κ3) is 4.65. The molecule has 0 unspecified atom stereocenters. The first-order chi connectivity index (χ1) is 20.8. The molecule has 0 saturated heterocycles. The molecule has 0 spiro atoms. The molecule has 1 N–H and O–H groups in total. The number of aromatic amines is 1. The van der Waals surface area contributed by atoms with E-state index in [1.165, 1.54) is 87.1 Å². The van der Waals surface area contributed by atoms with Gasteiger partial charge in [-0.25, -0.2) is 0 Å². The highest BCUT2D eigenvalue weighted by molar-refractivity contribution is 6.39. The highest BCUT2D eigenvalue weighted by Gasteiger charge is 2.24. The van der Waals surface area contributed by atoms with Gasteiger partial charge in [-0.3, -0.25) is 0 Å². The summed E-state index contributed by atoms with van der Waals surface area (Å²) >= 11 is 0. The molecule has 1 heterocycles. The first-order valence-electron chi connectivity index (χ1n) is 16.7. The quantitative estimate of drug-likeness (QED) is 0.169. The lowest BCUT2D eigenvalue weighted by Crippen LogP contribution is -2.11. The van der Waals surface area contributed by atoms with E-state index in [-0.39, 0.29) is 21.7 Å². The van der Waals surface area contributed by atoms with E-state index in [9.17, 15) is 0 Å². The van der Waals surface area contributed by atoms with Crippen molar-refractivity contribution >= 4 is 64.9 Å². The van der Waals surface area contributed by atoms with Gasteiger partial charge in [-0.05, 0) is 100 Å². The molecule has 7 rings (SSSR count). The molecule has 1 heteroatoms. The Balaban J connectivity index is 1.76.